The molecule has 194 valence electrons. The number of rotatable bonds is 17. The molecule has 0 saturated heterocycles. The molecule has 0 aromatic heterocycles. The lowest BCUT2D eigenvalue weighted by Crippen LogP contribution is -2.38. The topological polar surface area (TPSA) is 71.1 Å². The molecule has 6 nitrogen and oxygen atoms in total. The molecule has 0 radical (unpaired) electrons. The maximum atomic E-state index is 12.1. The Hall–Kier alpha value is -1.46. The van der Waals surface area contributed by atoms with Gasteiger partial charge in [-0.05, 0) is 56.8 Å². The van der Waals surface area contributed by atoms with E-state index in [1.807, 2.05) is 0 Å². The molecule has 0 N–H and O–H groups in total. The summed E-state index contributed by atoms with van der Waals surface area (Å²) in [6.07, 6.45) is 13.8. The molecule has 0 bridgehead atoms. The predicted molar refractivity (Wildman–Crippen MR) is 131 cm³/mol. The minimum Gasteiger partial charge on any atom is -0.434 e. The Bertz CT molecular complexity index is 505. The number of unbranched alkanes of at least 4 members (excludes halogenated alkanes) is 7. The third-order valence-corrected chi connectivity index (χ3v) is 6.18. The van der Waals surface area contributed by atoms with Gasteiger partial charge in [-0.3, -0.25) is 0 Å². The number of carbonyl (C=O) groups excluding carboxylic acids is 2. The summed E-state index contributed by atoms with van der Waals surface area (Å²) in [7, 11) is 0. The van der Waals surface area contributed by atoms with Crippen LogP contribution in [-0.2, 0) is 18.9 Å². The largest absolute Gasteiger partial charge is 0.508 e. The van der Waals surface area contributed by atoms with Gasteiger partial charge in [-0.1, -0.05) is 79.1 Å². The maximum Gasteiger partial charge on any atom is 0.508 e. The van der Waals surface area contributed by atoms with Crippen LogP contribution in [0, 0.1) is 11.8 Å². The van der Waals surface area contributed by atoms with E-state index in [9.17, 15) is 9.59 Å². The summed E-state index contributed by atoms with van der Waals surface area (Å²) in [4.78, 5) is 24.1. The fourth-order valence-corrected chi connectivity index (χ4v) is 4.17. The fraction of sp³-hybridized carbons (Fsp3) is 0.926. The lowest BCUT2D eigenvalue weighted by Gasteiger charge is -2.29. The van der Waals surface area contributed by atoms with Gasteiger partial charge in [0.2, 0.25) is 0 Å². The van der Waals surface area contributed by atoms with Gasteiger partial charge in [0, 0.05) is 0 Å². The Morgan fingerprint density at radius 1 is 0.606 bits per heavy atom. The molecule has 1 fully saturated rings. The fourth-order valence-electron chi connectivity index (χ4n) is 4.17. The third kappa shape index (κ3) is 16.7. The standard InChI is InChI=1S/C27H50O6/c1-22(2)16-11-9-7-5-6-8-10-14-20-30-26(28)32-24-18-12-13-19-25(24)33-27(29)31-21-15-17-23(3)4/h22-25H,5-21H2,1-4H3. The number of ether oxygens (including phenoxy) is 4. The van der Waals surface area contributed by atoms with Crippen LogP contribution in [0.25, 0.3) is 0 Å². The van der Waals surface area contributed by atoms with Crippen LogP contribution in [0.5, 0.6) is 0 Å². The van der Waals surface area contributed by atoms with Crippen molar-refractivity contribution in [2.75, 3.05) is 13.2 Å². The number of carbonyl (C=O) groups is 2. The Morgan fingerprint density at radius 2 is 1.00 bits per heavy atom. The van der Waals surface area contributed by atoms with Crippen LogP contribution in [0.15, 0.2) is 0 Å². The monoisotopic (exact) mass is 470 g/mol. The van der Waals surface area contributed by atoms with Crippen LogP contribution in [-0.4, -0.2) is 37.7 Å². The van der Waals surface area contributed by atoms with Crippen molar-refractivity contribution < 1.29 is 28.5 Å². The van der Waals surface area contributed by atoms with Gasteiger partial charge in [0.25, 0.3) is 0 Å². The maximum absolute atomic E-state index is 12.1. The van der Waals surface area contributed by atoms with Gasteiger partial charge >= 0.3 is 12.3 Å². The van der Waals surface area contributed by atoms with E-state index in [1.165, 1.54) is 44.9 Å². The van der Waals surface area contributed by atoms with Gasteiger partial charge < -0.3 is 18.9 Å². The molecular formula is C27H50O6. The summed E-state index contributed by atoms with van der Waals surface area (Å²) in [5.74, 6) is 1.39. The number of hydrogen-bond acceptors (Lipinski definition) is 6. The zero-order chi connectivity index (χ0) is 24.3. The first-order valence-electron chi connectivity index (χ1n) is 13.5. The molecule has 0 amide bonds. The molecule has 1 saturated carbocycles. The SMILES string of the molecule is CC(C)CCCCCCCCCCOC(=O)OC1CCCCC1OC(=O)OCCCC(C)C. The highest BCUT2D eigenvalue weighted by molar-refractivity contribution is 5.61. The van der Waals surface area contributed by atoms with Crippen molar-refractivity contribution in [2.24, 2.45) is 11.8 Å². The average Bonchev–Trinajstić information content (AvgIpc) is 2.76. The summed E-state index contributed by atoms with van der Waals surface area (Å²) in [6, 6.07) is 0. The van der Waals surface area contributed by atoms with Gasteiger partial charge in [0.15, 0.2) is 0 Å². The van der Waals surface area contributed by atoms with E-state index in [4.69, 9.17) is 18.9 Å². The van der Waals surface area contributed by atoms with Crippen LogP contribution in [0.2, 0.25) is 0 Å². The molecule has 1 aliphatic rings. The second-order valence-corrected chi connectivity index (χ2v) is 10.3. The molecule has 2 unspecified atom stereocenters. The molecule has 0 heterocycles. The van der Waals surface area contributed by atoms with Crippen molar-refractivity contribution in [3.63, 3.8) is 0 Å². The third-order valence-electron chi connectivity index (χ3n) is 6.18. The summed E-state index contributed by atoms with van der Waals surface area (Å²) < 4.78 is 21.3. The van der Waals surface area contributed by atoms with Gasteiger partial charge in [0.05, 0.1) is 13.2 Å². The molecule has 2 atom stereocenters. The molecule has 0 aliphatic heterocycles. The highest BCUT2D eigenvalue weighted by Crippen LogP contribution is 2.25. The zero-order valence-corrected chi connectivity index (χ0v) is 21.8. The smallest absolute Gasteiger partial charge is 0.434 e. The van der Waals surface area contributed by atoms with Crippen LogP contribution in [0.4, 0.5) is 9.59 Å². The molecule has 1 rings (SSSR count). The van der Waals surface area contributed by atoms with E-state index in [1.54, 1.807) is 0 Å². The van der Waals surface area contributed by atoms with Crippen LogP contribution >= 0.6 is 0 Å². The van der Waals surface area contributed by atoms with E-state index in [2.05, 4.69) is 27.7 Å². The van der Waals surface area contributed by atoms with Crippen LogP contribution < -0.4 is 0 Å². The van der Waals surface area contributed by atoms with E-state index in [0.29, 0.717) is 32.0 Å². The molecule has 0 spiro atoms. The molecule has 6 heteroatoms. The minimum atomic E-state index is -0.674. The molecule has 33 heavy (non-hydrogen) atoms. The summed E-state index contributed by atoms with van der Waals surface area (Å²) in [5.41, 5.74) is 0. The van der Waals surface area contributed by atoms with Gasteiger partial charge in [-0.15, -0.1) is 0 Å². The Labute approximate surface area is 202 Å². The molecule has 1 aliphatic carbocycles. The quantitative estimate of drug-likeness (QED) is 0.157. The second kappa shape index (κ2) is 18.9. The predicted octanol–water partition coefficient (Wildman–Crippen LogP) is 8.21. The zero-order valence-electron chi connectivity index (χ0n) is 21.8. The minimum absolute atomic E-state index is 0.357. The Balaban J connectivity index is 2.09. The highest BCUT2D eigenvalue weighted by Gasteiger charge is 2.32. The van der Waals surface area contributed by atoms with E-state index < -0.39 is 24.5 Å². The van der Waals surface area contributed by atoms with Gasteiger partial charge in [-0.25, -0.2) is 9.59 Å². The summed E-state index contributed by atoms with van der Waals surface area (Å²) in [5, 5.41) is 0. The van der Waals surface area contributed by atoms with Crippen molar-refractivity contribution in [2.45, 2.75) is 136 Å². The first-order valence-corrected chi connectivity index (χ1v) is 13.5. The molecular weight excluding hydrogens is 420 g/mol. The normalized spacial score (nSPS) is 18.4. The van der Waals surface area contributed by atoms with Crippen molar-refractivity contribution in [1.82, 2.24) is 0 Å². The average molecular weight is 471 g/mol. The van der Waals surface area contributed by atoms with Gasteiger partial charge in [-0.2, -0.15) is 0 Å². The van der Waals surface area contributed by atoms with Crippen LogP contribution in [0.1, 0.15) is 124 Å². The van der Waals surface area contributed by atoms with Crippen molar-refractivity contribution in [3.8, 4) is 0 Å². The van der Waals surface area contributed by atoms with Crippen molar-refractivity contribution in [1.29, 1.82) is 0 Å². The number of hydrogen-bond donors (Lipinski definition) is 0. The second-order valence-electron chi connectivity index (χ2n) is 10.3. The highest BCUT2D eigenvalue weighted by atomic mass is 16.8. The first-order chi connectivity index (χ1) is 15.9. The Kier molecular flexibility index (Phi) is 16.9. The molecule has 0 aromatic rings. The van der Waals surface area contributed by atoms with E-state index in [0.717, 1.165) is 44.4 Å². The van der Waals surface area contributed by atoms with Gasteiger partial charge in [0.1, 0.15) is 12.2 Å². The van der Waals surface area contributed by atoms with Crippen molar-refractivity contribution >= 4 is 12.3 Å². The van der Waals surface area contributed by atoms with Crippen molar-refractivity contribution in [3.05, 3.63) is 0 Å². The van der Waals surface area contributed by atoms with Crippen LogP contribution in [0.3, 0.4) is 0 Å². The summed E-state index contributed by atoms with van der Waals surface area (Å²) in [6.45, 7) is 9.58. The Morgan fingerprint density at radius 3 is 1.48 bits per heavy atom. The molecule has 0 aromatic carbocycles. The summed E-state index contributed by atoms with van der Waals surface area (Å²) >= 11 is 0. The van der Waals surface area contributed by atoms with E-state index in [-0.39, 0.29) is 0 Å². The first kappa shape index (κ1) is 29.6. The lowest BCUT2D eigenvalue weighted by molar-refractivity contribution is -0.0713. The van der Waals surface area contributed by atoms with E-state index >= 15 is 0 Å². The lowest BCUT2D eigenvalue weighted by atomic mass is 9.95.